The molecule has 0 bridgehead atoms. The zero-order valence-corrected chi connectivity index (χ0v) is 18.2. The number of carbonyl (C=O) groups excluding carboxylic acids is 1. The number of aromatic nitrogens is 2. The van der Waals surface area contributed by atoms with E-state index in [0.29, 0.717) is 18.7 Å². The number of rotatable bonds is 5. The van der Waals surface area contributed by atoms with Gasteiger partial charge in [0, 0.05) is 48.3 Å². The molecule has 6 heteroatoms. The Morgan fingerprint density at radius 2 is 1.52 bits per heavy atom. The fourth-order valence-corrected chi connectivity index (χ4v) is 3.92. The molecule has 2 aromatic carbocycles. The number of amides is 1. The smallest absolute Gasteiger partial charge is 0.253 e. The molecule has 0 fully saturated rings. The van der Waals surface area contributed by atoms with Crippen molar-refractivity contribution >= 4 is 5.91 Å². The average molecular weight is 418 g/mol. The lowest BCUT2D eigenvalue weighted by molar-refractivity contribution is 0.0763. The van der Waals surface area contributed by atoms with Crippen LogP contribution in [-0.2, 0) is 19.3 Å². The average Bonchev–Trinajstić information content (AvgIpc) is 3.05. The number of aryl methyl sites for hydroxylation is 1. The zero-order chi connectivity index (χ0) is 21.8. The topological polar surface area (TPSA) is 64.6 Å². The summed E-state index contributed by atoms with van der Waals surface area (Å²) in [5.74, 6) is 2.42. The molecule has 1 aliphatic rings. The minimum atomic E-state index is 0.0325. The van der Waals surface area contributed by atoms with E-state index in [2.05, 4.69) is 6.92 Å². The second-order valence-electron chi connectivity index (χ2n) is 7.52. The predicted molar refractivity (Wildman–Crippen MR) is 120 cm³/mol. The van der Waals surface area contributed by atoms with Gasteiger partial charge in [0.1, 0.15) is 17.3 Å². The molecule has 0 saturated carbocycles. The second kappa shape index (κ2) is 9.16. The van der Waals surface area contributed by atoms with Crippen molar-refractivity contribution < 1.29 is 14.3 Å². The van der Waals surface area contributed by atoms with Crippen LogP contribution in [0.2, 0.25) is 0 Å². The molecule has 6 nitrogen and oxygen atoms in total. The van der Waals surface area contributed by atoms with Gasteiger partial charge in [0.2, 0.25) is 0 Å². The molecule has 0 atom stereocenters. The lowest BCUT2D eigenvalue weighted by atomic mass is 10.0. The Bertz CT molecular complexity index is 1060. The SMILES string of the molecule is CCc1nc2c(c(-c3ccc(OC)cc3)n1)CCN(C(=O)c1ccc(OC)cc1)CC2. The summed E-state index contributed by atoms with van der Waals surface area (Å²) in [5, 5.41) is 0. The highest BCUT2D eigenvalue weighted by atomic mass is 16.5. The minimum absolute atomic E-state index is 0.0325. The van der Waals surface area contributed by atoms with Gasteiger partial charge in [0.25, 0.3) is 5.91 Å². The second-order valence-corrected chi connectivity index (χ2v) is 7.52. The van der Waals surface area contributed by atoms with Gasteiger partial charge in [-0.25, -0.2) is 9.97 Å². The van der Waals surface area contributed by atoms with Crippen molar-refractivity contribution in [3.63, 3.8) is 0 Å². The van der Waals surface area contributed by atoms with Crippen molar-refractivity contribution in [1.29, 1.82) is 0 Å². The maximum Gasteiger partial charge on any atom is 0.253 e. The quantitative estimate of drug-likeness (QED) is 0.629. The van der Waals surface area contributed by atoms with Crippen LogP contribution in [0, 0.1) is 0 Å². The van der Waals surface area contributed by atoms with Crippen molar-refractivity contribution in [2.75, 3.05) is 27.3 Å². The lowest BCUT2D eigenvalue weighted by Gasteiger charge is -2.20. The Kier molecular flexibility index (Phi) is 6.16. The van der Waals surface area contributed by atoms with Crippen molar-refractivity contribution in [3.05, 3.63) is 71.2 Å². The Morgan fingerprint density at radius 1 is 0.903 bits per heavy atom. The molecular formula is C25H27N3O3. The van der Waals surface area contributed by atoms with Gasteiger partial charge in [0.05, 0.1) is 19.9 Å². The highest BCUT2D eigenvalue weighted by Crippen LogP contribution is 2.29. The molecule has 1 aromatic heterocycles. The molecule has 1 aliphatic heterocycles. The first-order valence-corrected chi connectivity index (χ1v) is 10.6. The van der Waals surface area contributed by atoms with Crippen LogP contribution in [0.1, 0.15) is 34.4 Å². The Hall–Kier alpha value is -3.41. The van der Waals surface area contributed by atoms with Gasteiger partial charge in [-0.2, -0.15) is 0 Å². The molecule has 1 amide bonds. The van der Waals surface area contributed by atoms with Crippen molar-refractivity contribution in [2.45, 2.75) is 26.2 Å². The molecule has 31 heavy (non-hydrogen) atoms. The standard InChI is InChI=1S/C25H27N3O3/c1-4-23-26-22-14-16-28(25(29)18-7-11-20(31-3)12-8-18)15-13-21(22)24(27-23)17-5-9-19(30-2)10-6-17/h5-12H,4,13-16H2,1-3H3. The third-order valence-corrected chi connectivity index (χ3v) is 5.69. The highest BCUT2D eigenvalue weighted by molar-refractivity contribution is 5.94. The molecule has 0 saturated heterocycles. The Morgan fingerprint density at radius 3 is 2.13 bits per heavy atom. The van der Waals surface area contributed by atoms with Gasteiger partial charge in [0.15, 0.2) is 0 Å². The summed E-state index contributed by atoms with van der Waals surface area (Å²) in [6.07, 6.45) is 2.21. The van der Waals surface area contributed by atoms with Crippen LogP contribution in [0.15, 0.2) is 48.5 Å². The number of fused-ring (bicyclic) bond motifs is 1. The number of carbonyl (C=O) groups is 1. The Balaban J connectivity index is 1.62. The first kappa shape index (κ1) is 20.8. The number of benzene rings is 2. The van der Waals surface area contributed by atoms with E-state index in [0.717, 1.165) is 59.1 Å². The third-order valence-electron chi connectivity index (χ3n) is 5.69. The normalized spacial score (nSPS) is 13.3. The van der Waals surface area contributed by atoms with Gasteiger partial charge in [-0.05, 0) is 55.0 Å². The van der Waals surface area contributed by atoms with E-state index in [9.17, 15) is 4.79 Å². The monoisotopic (exact) mass is 417 g/mol. The molecular weight excluding hydrogens is 390 g/mol. The maximum atomic E-state index is 13.1. The number of nitrogens with zero attached hydrogens (tertiary/aromatic N) is 3. The van der Waals surface area contributed by atoms with Gasteiger partial charge in [-0.3, -0.25) is 4.79 Å². The highest BCUT2D eigenvalue weighted by Gasteiger charge is 2.24. The number of methoxy groups -OCH3 is 2. The van der Waals surface area contributed by atoms with Crippen LogP contribution in [0.25, 0.3) is 11.3 Å². The van der Waals surface area contributed by atoms with Crippen LogP contribution in [-0.4, -0.2) is 48.1 Å². The molecule has 0 spiro atoms. The zero-order valence-electron chi connectivity index (χ0n) is 18.2. The van der Waals surface area contributed by atoms with E-state index in [4.69, 9.17) is 19.4 Å². The van der Waals surface area contributed by atoms with Crippen molar-refractivity contribution in [2.24, 2.45) is 0 Å². The van der Waals surface area contributed by atoms with E-state index in [-0.39, 0.29) is 5.91 Å². The molecule has 3 aromatic rings. The van der Waals surface area contributed by atoms with E-state index in [1.54, 1.807) is 14.2 Å². The summed E-state index contributed by atoms with van der Waals surface area (Å²) in [6.45, 7) is 3.34. The van der Waals surface area contributed by atoms with Gasteiger partial charge in [-0.15, -0.1) is 0 Å². The maximum absolute atomic E-state index is 13.1. The van der Waals surface area contributed by atoms with Gasteiger partial charge < -0.3 is 14.4 Å². The van der Waals surface area contributed by atoms with Gasteiger partial charge in [-0.1, -0.05) is 6.92 Å². The molecule has 4 rings (SSSR count). The molecule has 0 radical (unpaired) electrons. The van der Waals surface area contributed by atoms with Gasteiger partial charge >= 0.3 is 0 Å². The minimum Gasteiger partial charge on any atom is -0.497 e. The molecule has 160 valence electrons. The van der Waals surface area contributed by atoms with Crippen LogP contribution < -0.4 is 9.47 Å². The van der Waals surface area contributed by atoms with Crippen molar-refractivity contribution in [3.8, 4) is 22.8 Å². The summed E-state index contributed by atoms with van der Waals surface area (Å²) in [6, 6.07) is 15.2. The fourth-order valence-electron chi connectivity index (χ4n) is 3.92. The number of hydrogen-bond acceptors (Lipinski definition) is 5. The summed E-state index contributed by atoms with van der Waals surface area (Å²) >= 11 is 0. The first-order valence-electron chi connectivity index (χ1n) is 10.6. The van der Waals surface area contributed by atoms with E-state index < -0.39 is 0 Å². The number of ether oxygens (including phenoxy) is 2. The molecule has 0 N–H and O–H groups in total. The first-order chi connectivity index (χ1) is 15.1. The van der Waals surface area contributed by atoms with Crippen LogP contribution >= 0.6 is 0 Å². The fraction of sp³-hybridized carbons (Fsp3) is 0.320. The third kappa shape index (κ3) is 4.38. The molecule has 2 heterocycles. The Labute approximate surface area is 182 Å². The lowest BCUT2D eigenvalue weighted by Crippen LogP contribution is -2.33. The van der Waals surface area contributed by atoms with E-state index in [1.165, 1.54) is 0 Å². The molecule has 0 unspecified atom stereocenters. The van der Waals surface area contributed by atoms with Crippen LogP contribution in [0.3, 0.4) is 0 Å². The van der Waals surface area contributed by atoms with E-state index >= 15 is 0 Å². The van der Waals surface area contributed by atoms with E-state index in [1.807, 2.05) is 53.4 Å². The number of hydrogen-bond donors (Lipinski definition) is 0. The summed E-state index contributed by atoms with van der Waals surface area (Å²) in [4.78, 5) is 24.7. The van der Waals surface area contributed by atoms with Crippen LogP contribution in [0.4, 0.5) is 0 Å². The summed E-state index contributed by atoms with van der Waals surface area (Å²) in [5.41, 5.74) is 4.85. The molecule has 0 aliphatic carbocycles. The predicted octanol–water partition coefficient (Wildman–Crippen LogP) is 3.96. The summed E-state index contributed by atoms with van der Waals surface area (Å²) in [7, 11) is 3.28. The summed E-state index contributed by atoms with van der Waals surface area (Å²) < 4.78 is 10.5. The largest absolute Gasteiger partial charge is 0.497 e. The van der Waals surface area contributed by atoms with Crippen LogP contribution in [0.5, 0.6) is 11.5 Å². The van der Waals surface area contributed by atoms with Crippen molar-refractivity contribution in [1.82, 2.24) is 14.9 Å².